The molecule has 1 unspecified atom stereocenters. The van der Waals surface area contributed by atoms with Gasteiger partial charge in [0.05, 0.1) is 16.9 Å². The van der Waals surface area contributed by atoms with Crippen molar-refractivity contribution in [3.8, 4) is 0 Å². The Morgan fingerprint density at radius 1 is 1.53 bits per heavy atom. The Kier molecular flexibility index (Phi) is 3.72. The average molecular weight is 250 g/mol. The highest BCUT2D eigenvalue weighted by molar-refractivity contribution is 7.89. The minimum Gasteiger partial charge on any atom is -0.387 e. The number of sulfonamides is 1. The molecule has 84 valence electrons. The van der Waals surface area contributed by atoms with Crippen LogP contribution in [0.25, 0.3) is 0 Å². The Hall–Kier alpha value is -0.620. The molecule has 0 heterocycles. The second kappa shape index (κ2) is 4.49. The highest BCUT2D eigenvalue weighted by Crippen LogP contribution is 2.21. The summed E-state index contributed by atoms with van der Waals surface area (Å²) in [5, 5.41) is 14.5. The van der Waals surface area contributed by atoms with Crippen molar-refractivity contribution in [1.82, 2.24) is 0 Å². The highest BCUT2D eigenvalue weighted by atomic mass is 35.5. The lowest BCUT2D eigenvalue weighted by molar-refractivity contribution is 0.201. The molecule has 1 atom stereocenters. The lowest BCUT2D eigenvalue weighted by atomic mass is 10.1. The summed E-state index contributed by atoms with van der Waals surface area (Å²) >= 11 is 5.49. The maximum absolute atomic E-state index is 11.1. The van der Waals surface area contributed by atoms with Gasteiger partial charge in [-0.15, -0.1) is 11.6 Å². The van der Waals surface area contributed by atoms with Gasteiger partial charge in [0.25, 0.3) is 0 Å². The van der Waals surface area contributed by atoms with E-state index in [4.69, 9.17) is 16.7 Å². The number of aliphatic hydroxyl groups excluding tert-OH is 1. The van der Waals surface area contributed by atoms with E-state index in [2.05, 4.69) is 0 Å². The number of alkyl halides is 1. The van der Waals surface area contributed by atoms with Crippen LogP contribution >= 0.6 is 11.6 Å². The molecule has 0 aliphatic carbocycles. The zero-order valence-electron chi connectivity index (χ0n) is 8.14. The Balaban J connectivity index is 3.29. The summed E-state index contributed by atoms with van der Waals surface area (Å²) in [7, 11) is -3.74. The zero-order valence-corrected chi connectivity index (χ0v) is 9.72. The summed E-state index contributed by atoms with van der Waals surface area (Å²) < 4.78 is 22.1. The number of benzene rings is 1. The van der Waals surface area contributed by atoms with Gasteiger partial charge in [-0.05, 0) is 30.2 Å². The molecule has 3 N–H and O–H groups in total. The molecule has 0 aromatic heterocycles. The first-order valence-corrected chi connectivity index (χ1v) is 6.31. The maximum atomic E-state index is 11.1. The fraction of sp³-hybridized carbons (Fsp3) is 0.333. The summed E-state index contributed by atoms with van der Waals surface area (Å²) in [4.78, 5) is -0.0210. The molecule has 1 rings (SSSR count). The quantitative estimate of drug-likeness (QED) is 0.782. The molecule has 0 aliphatic heterocycles. The Bertz CT molecular complexity index is 458. The molecular weight excluding hydrogens is 238 g/mol. The van der Waals surface area contributed by atoms with E-state index >= 15 is 0 Å². The summed E-state index contributed by atoms with van der Waals surface area (Å²) in [6.07, 6.45) is -0.881. The molecule has 0 aliphatic rings. The molecule has 0 saturated carbocycles. The molecule has 15 heavy (non-hydrogen) atoms. The summed E-state index contributed by atoms with van der Waals surface area (Å²) in [6, 6.07) is 4.33. The van der Waals surface area contributed by atoms with E-state index in [1.807, 2.05) is 0 Å². The molecule has 0 saturated heterocycles. The highest BCUT2D eigenvalue weighted by Gasteiger charge is 2.14. The van der Waals surface area contributed by atoms with E-state index in [-0.39, 0.29) is 10.8 Å². The van der Waals surface area contributed by atoms with Gasteiger partial charge in [0.2, 0.25) is 10.0 Å². The minimum absolute atomic E-state index is 0.00884. The number of rotatable bonds is 3. The molecule has 4 nitrogen and oxygen atoms in total. The van der Waals surface area contributed by atoms with Crippen LogP contribution in [0.3, 0.4) is 0 Å². The molecular formula is C9H12ClNO3S. The van der Waals surface area contributed by atoms with Crippen LogP contribution in [-0.2, 0) is 10.0 Å². The van der Waals surface area contributed by atoms with Gasteiger partial charge in [-0.25, -0.2) is 13.6 Å². The van der Waals surface area contributed by atoms with Crippen molar-refractivity contribution in [3.63, 3.8) is 0 Å². The number of hydrogen-bond donors (Lipinski definition) is 2. The molecule has 0 bridgehead atoms. The molecule has 0 fully saturated rings. The van der Waals surface area contributed by atoms with E-state index < -0.39 is 16.1 Å². The van der Waals surface area contributed by atoms with Crippen molar-refractivity contribution < 1.29 is 13.5 Å². The Morgan fingerprint density at radius 2 is 2.13 bits per heavy atom. The second-order valence-corrected chi connectivity index (χ2v) is 5.10. The molecule has 0 amide bonds. The van der Waals surface area contributed by atoms with Gasteiger partial charge in [-0.3, -0.25) is 0 Å². The van der Waals surface area contributed by atoms with Crippen LogP contribution in [0.4, 0.5) is 0 Å². The standard InChI is InChI=1S/C9H12ClNO3S/c1-6-2-3-7(15(11,13)14)4-8(6)9(12)5-10/h2-4,9,12H,5H2,1H3,(H2,11,13,14). The number of primary sulfonamides is 1. The lowest BCUT2D eigenvalue weighted by Gasteiger charge is -2.11. The molecule has 1 aromatic rings. The third-order valence-corrected chi connectivity index (χ3v) is 3.29. The van der Waals surface area contributed by atoms with Crippen LogP contribution < -0.4 is 5.14 Å². The SMILES string of the molecule is Cc1ccc(S(N)(=O)=O)cc1C(O)CCl. The molecule has 0 radical (unpaired) electrons. The zero-order chi connectivity index (χ0) is 11.6. The van der Waals surface area contributed by atoms with Gasteiger partial charge in [0, 0.05) is 0 Å². The van der Waals surface area contributed by atoms with Crippen molar-refractivity contribution in [2.75, 3.05) is 5.88 Å². The molecule has 1 aromatic carbocycles. The van der Waals surface area contributed by atoms with Gasteiger partial charge in [0.1, 0.15) is 0 Å². The minimum atomic E-state index is -3.74. The number of aryl methyl sites for hydroxylation is 1. The van der Waals surface area contributed by atoms with Gasteiger partial charge >= 0.3 is 0 Å². The lowest BCUT2D eigenvalue weighted by Crippen LogP contribution is -2.13. The Morgan fingerprint density at radius 3 is 2.60 bits per heavy atom. The summed E-state index contributed by atoms with van der Waals surface area (Å²) in [6.45, 7) is 1.76. The average Bonchev–Trinajstić information content (AvgIpc) is 2.15. The maximum Gasteiger partial charge on any atom is 0.238 e. The first-order chi connectivity index (χ1) is 6.86. The number of nitrogens with two attached hydrogens (primary N) is 1. The van der Waals surface area contributed by atoms with Crippen LogP contribution in [0, 0.1) is 6.92 Å². The fourth-order valence-corrected chi connectivity index (χ4v) is 1.95. The molecule has 6 heteroatoms. The van der Waals surface area contributed by atoms with Crippen LogP contribution in [0.1, 0.15) is 17.2 Å². The smallest absolute Gasteiger partial charge is 0.238 e. The molecule has 0 spiro atoms. The monoisotopic (exact) mass is 249 g/mol. The first kappa shape index (κ1) is 12.4. The third kappa shape index (κ3) is 2.92. The van der Waals surface area contributed by atoms with Crippen molar-refractivity contribution in [1.29, 1.82) is 0 Å². The van der Waals surface area contributed by atoms with Gasteiger partial charge in [-0.2, -0.15) is 0 Å². The fourth-order valence-electron chi connectivity index (χ4n) is 1.24. The van der Waals surface area contributed by atoms with Gasteiger partial charge < -0.3 is 5.11 Å². The Labute approximate surface area is 93.7 Å². The van der Waals surface area contributed by atoms with E-state index in [0.717, 1.165) is 5.56 Å². The van der Waals surface area contributed by atoms with E-state index in [1.54, 1.807) is 13.0 Å². The van der Waals surface area contributed by atoms with Crippen molar-refractivity contribution >= 4 is 21.6 Å². The van der Waals surface area contributed by atoms with Crippen molar-refractivity contribution in [3.05, 3.63) is 29.3 Å². The summed E-state index contributed by atoms with van der Waals surface area (Å²) in [5.74, 6) is 0.00884. The van der Waals surface area contributed by atoms with Crippen molar-refractivity contribution in [2.24, 2.45) is 5.14 Å². The first-order valence-electron chi connectivity index (χ1n) is 4.23. The van der Waals surface area contributed by atoms with Gasteiger partial charge in [-0.1, -0.05) is 6.07 Å². The van der Waals surface area contributed by atoms with Crippen LogP contribution in [0.2, 0.25) is 0 Å². The second-order valence-electron chi connectivity index (χ2n) is 3.23. The normalized spacial score (nSPS) is 13.9. The third-order valence-electron chi connectivity index (χ3n) is 2.08. The topological polar surface area (TPSA) is 80.4 Å². The van der Waals surface area contributed by atoms with E-state index in [1.165, 1.54) is 12.1 Å². The van der Waals surface area contributed by atoms with Crippen molar-refractivity contribution in [2.45, 2.75) is 17.9 Å². The predicted molar refractivity (Wildman–Crippen MR) is 58.2 cm³/mol. The van der Waals surface area contributed by atoms with Crippen LogP contribution in [0.15, 0.2) is 23.1 Å². The van der Waals surface area contributed by atoms with E-state index in [0.29, 0.717) is 5.56 Å². The summed E-state index contributed by atoms with van der Waals surface area (Å²) in [5.41, 5.74) is 1.26. The number of aliphatic hydroxyl groups is 1. The van der Waals surface area contributed by atoms with Crippen LogP contribution in [-0.4, -0.2) is 19.4 Å². The number of hydrogen-bond acceptors (Lipinski definition) is 3. The van der Waals surface area contributed by atoms with E-state index in [9.17, 15) is 13.5 Å². The van der Waals surface area contributed by atoms with Crippen LogP contribution in [0.5, 0.6) is 0 Å². The number of halogens is 1. The largest absolute Gasteiger partial charge is 0.387 e. The van der Waals surface area contributed by atoms with Gasteiger partial charge in [0.15, 0.2) is 0 Å². The predicted octanol–water partition coefficient (Wildman–Crippen LogP) is 0.915.